The Bertz CT molecular complexity index is 375. The van der Waals surface area contributed by atoms with Crippen molar-refractivity contribution in [3.63, 3.8) is 0 Å². The highest BCUT2D eigenvalue weighted by atomic mass is 32.1. The van der Waals surface area contributed by atoms with Gasteiger partial charge in [-0.2, -0.15) is 11.3 Å². The average Bonchev–Trinajstić information content (AvgIpc) is 2.85. The predicted molar refractivity (Wildman–Crippen MR) is 82.6 cm³/mol. The maximum atomic E-state index is 6.53. The first-order chi connectivity index (χ1) is 8.97. The van der Waals surface area contributed by atoms with Crippen LogP contribution in [0.3, 0.4) is 0 Å². The van der Waals surface area contributed by atoms with Gasteiger partial charge in [-0.05, 0) is 66.8 Å². The number of ether oxygens (including phenoxy) is 1. The van der Waals surface area contributed by atoms with Gasteiger partial charge >= 0.3 is 0 Å². The second kappa shape index (κ2) is 5.94. The zero-order valence-corrected chi connectivity index (χ0v) is 13.3. The molecule has 2 nitrogen and oxygen atoms in total. The summed E-state index contributed by atoms with van der Waals surface area (Å²) in [6.45, 7) is 7.55. The average molecular weight is 281 g/mol. The number of nitrogens with two attached hydrogens (primary N) is 1. The summed E-state index contributed by atoms with van der Waals surface area (Å²) in [5.74, 6) is 0. The fourth-order valence-electron chi connectivity index (χ4n) is 3.11. The van der Waals surface area contributed by atoms with Gasteiger partial charge in [0.1, 0.15) is 0 Å². The number of hydrogen-bond donors (Lipinski definition) is 1. The van der Waals surface area contributed by atoms with Gasteiger partial charge in [0.2, 0.25) is 0 Å². The molecule has 2 rings (SSSR count). The summed E-state index contributed by atoms with van der Waals surface area (Å²) in [5, 5.41) is 4.33. The maximum Gasteiger partial charge on any atom is 0.0836 e. The molecule has 1 saturated carbocycles. The third-order valence-electron chi connectivity index (χ3n) is 4.59. The van der Waals surface area contributed by atoms with Crippen molar-refractivity contribution < 1.29 is 4.74 Å². The second-order valence-electron chi connectivity index (χ2n) is 6.60. The van der Waals surface area contributed by atoms with Crippen LogP contribution in [0.25, 0.3) is 0 Å². The number of hydrogen-bond acceptors (Lipinski definition) is 3. The van der Waals surface area contributed by atoms with Crippen molar-refractivity contribution in [1.82, 2.24) is 0 Å². The molecule has 1 atom stereocenters. The van der Waals surface area contributed by atoms with E-state index in [1.165, 1.54) is 18.4 Å². The van der Waals surface area contributed by atoms with Crippen molar-refractivity contribution in [3.8, 4) is 0 Å². The topological polar surface area (TPSA) is 35.2 Å². The summed E-state index contributed by atoms with van der Waals surface area (Å²) >= 11 is 1.74. The Balaban J connectivity index is 2.06. The molecule has 0 spiro atoms. The van der Waals surface area contributed by atoms with Crippen molar-refractivity contribution in [3.05, 3.63) is 22.4 Å². The van der Waals surface area contributed by atoms with Gasteiger partial charge in [-0.25, -0.2) is 0 Å². The van der Waals surface area contributed by atoms with Crippen molar-refractivity contribution in [1.29, 1.82) is 0 Å². The molecule has 19 heavy (non-hydrogen) atoms. The van der Waals surface area contributed by atoms with Gasteiger partial charge in [0.15, 0.2) is 0 Å². The van der Waals surface area contributed by atoms with E-state index in [-0.39, 0.29) is 11.6 Å². The third kappa shape index (κ3) is 3.59. The standard InChI is InChI=1S/C16H27NOS/c1-4-18-16(8-6-15(2,3)7-9-16)14(17)11-13-5-10-19-12-13/h5,10,12,14H,4,6-9,11,17H2,1-3H3. The largest absolute Gasteiger partial charge is 0.374 e. The van der Waals surface area contributed by atoms with E-state index in [0.717, 1.165) is 25.9 Å². The lowest BCUT2D eigenvalue weighted by Gasteiger charge is -2.46. The molecule has 1 aromatic rings. The maximum absolute atomic E-state index is 6.53. The van der Waals surface area contributed by atoms with Crippen LogP contribution in [0, 0.1) is 5.41 Å². The first-order valence-corrected chi connectivity index (χ1v) is 8.32. The van der Waals surface area contributed by atoms with Crippen LogP contribution in [-0.2, 0) is 11.2 Å². The summed E-state index contributed by atoms with van der Waals surface area (Å²) in [6.07, 6.45) is 5.55. The minimum atomic E-state index is -0.105. The lowest BCUT2D eigenvalue weighted by molar-refractivity contribution is -0.0987. The molecule has 1 heterocycles. The Hall–Kier alpha value is -0.380. The van der Waals surface area contributed by atoms with E-state index in [4.69, 9.17) is 10.5 Å². The molecule has 0 saturated heterocycles. The van der Waals surface area contributed by atoms with Gasteiger partial charge in [0.25, 0.3) is 0 Å². The first kappa shape index (κ1) is 15.0. The van der Waals surface area contributed by atoms with Crippen molar-refractivity contribution in [2.45, 2.75) is 64.5 Å². The van der Waals surface area contributed by atoms with Crippen molar-refractivity contribution >= 4 is 11.3 Å². The highest BCUT2D eigenvalue weighted by Crippen LogP contribution is 2.43. The zero-order chi connectivity index (χ0) is 13.9. The van der Waals surface area contributed by atoms with Gasteiger partial charge < -0.3 is 10.5 Å². The smallest absolute Gasteiger partial charge is 0.0836 e. The van der Waals surface area contributed by atoms with Crippen LogP contribution in [0.5, 0.6) is 0 Å². The van der Waals surface area contributed by atoms with E-state index >= 15 is 0 Å². The van der Waals surface area contributed by atoms with Crippen LogP contribution in [0.15, 0.2) is 16.8 Å². The Morgan fingerprint density at radius 1 is 1.32 bits per heavy atom. The number of thiophene rings is 1. The van der Waals surface area contributed by atoms with Crippen molar-refractivity contribution in [2.24, 2.45) is 11.1 Å². The molecular formula is C16H27NOS. The van der Waals surface area contributed by atoms with Gasteiger partial charge in [-0.1, -0.05) is 13.8 Å². The van der Waals surface area contributed by atoms with Crippen LogP contribution < -0.4 is 5.73 Å². The Kier molecular flexibility index (Phi) is 4.70. The van der Waals surface area contributed by atoms with Crippen LogP contribution in [-0.4, -0.2) is 18.2 Å². The number of rotatable bonds is 5. The molecule has 108 valence electrons. The Labute approximate surface area is 121 Å². The molecule has 0 amide bonds. The van der Waals surface area contributed by atoms with Gasteiger partial charge in [-0.3, -0.25) is 0 Å². The first-order valence-electron chi connectivity index (χ1n) is 7.38. The molecule has 0 radical (unpaired) electrons. The van der Waals surface area contributed by atoms with E-state index in [1.807, 2.05) is 0 Å². The summed E-state index contributed by atoms with van der Waals surface area (Å²) in [4.78, 5) is 0. The molecule has 0 bridgehead atoms. The monoisotopic (exact) mass is 281 g/mol. The summed E-state index contributed by atoms with van der Waals surface area (Å²) in [5.41, 5.74) is 8.22. The molecule has 0 aromatic carbocycles. The molecule has 0 aliphatic heterocycles. The van der Waals surface area contributed by atoms with E-state index < -0.39 is 0 Å². The minimum Gasteiger partial charge on any atom is -0.374 e. The lowest BCUT2D eigenvalue weighted by atomic mass is 9.68. The van der Waals surface area contributed by atoms with Crippen LogP contribution in [0.1, 0.15) is 52.0 Å². The van der Waals surface area contributed by atoms with Crippen LogP contribution in [0.4, 0.5) is 0 Å². The van der Waals surface area contributed by atoms with Crippen LogP contribution in [0.2, 0.25) is 0 Å². The highest BCUT2D eigenvalue weighted by Gasteiger charge is 2.43. The quantitative estimate of drug-likeness (QED) is 0.885. The van der Waals surface area contributed by atoms with E-state index in [0.29, 0.717) is 5.41 Å². The third-order valence-corrected chi connectivity index (χ3v) is 5.33. The molecule has 1 aliphatic rings. The molecule has 2 N–H and O–H groups in total. The van der Waals surface area contributed by atoms with Crippen molar-refractivity contribution in [2.75, 3.05) is 6.61 Å². The van der Waals surface area contributed by atoms with E-state index in [1.54, 1.807) is 11.3 Å². The minimum absolute atomic E-state index is 0.105. The molecule has 3 heteroatoms. The Morgan fingerprint density at radius 3 is 2.53 bits per heavy atom. The molecular weight excluding hydrogens is 254 g/mol. The van der Waals surface area contributed by atoms with E-state index in [9.17, 15) is 0 Å². The molecule has 1 unspecified atom stereocenters. The van der Waals surface area contributed by atoms with Gasteiger partial charge in [0, 0.05) is 12.6 Å². The normalized spacial score (nSPS) is 23.2. The predicted octanol–water partition coefficient (Wildman–Crippen LogP) is 3.99. The summed E-state index contributed by atoms with van der Waals surface area (Å²) in [6, 6.07) is 2.29. The van der Waals surface area contributed by atoms with Gasteiger partial charge in [0.05, 0.1) is 5.60 Å². The van der Waals surface area contributed by atoms with Gasteiger partial charge in [-0.15, -0.1) is 0 Å². The Morgan fingerprint density at radius 2 is 2.00 bits per heavy atom. The molecule has 1 aromatic heterocycles. The van der Waals surface area contributed by atoms with Crippen LogP contribution >= 0.6 is 11.3 Å². The second-order valence-corrected chi connectivity index (χ2v) is 7.38. The lowest BCUT2D eigenvalue weighted by Crippen LogP contribution is -2.54. The summed E-state index contributed by atoms with van der Waals surface area (Å²) in [7, 11) is 0. The molecule has 1 aliphatic carbocycles. The fourth-order valence-corrected chi connectivity index (χ4v) is 3.79. The molecule has 1 fully saturated rings. The van der Waals surface area contributed by atoms with E-state index in [2.05, 4.69) is 37.6 Å². The highest BCUT2D eigenvalue weighted by molar-refractivity contribution is 7.07. The fraction of sp³-hybridized carbons (Fsp3) is 0.750. The zero-order valence-electron chi connectivity index (χ0n) is 12.4. The summed E-state index contributed by atoms with van der Waals surface area (Å²) < 4.78 is 6.15. The SMILES string of the molecule is CCOC1(C(N)Cc2ccsc2)CCC(C)(C)CC1.